The van der Waals surface area contributed by atoms with Gasteiger partial charge in [0, 0.05) is 10.2 Å². The fourth-order valence-corrected chi connectivity index (χ4v) is 2.39. The number of hydrogen-bond acceptors (Lipinski definition) is 1. The van der Waals surface area contributed by atoms with Crippen molar-refractivity contribution in [2.45, 2.75) is 32.9 Å². The number of hydrogen-bond donors (Lipinski definition) is 0. The molecular formula is C14H14BrF3N2. The number of benzene rings is 1. The quantitative estimate of drug-likeness (QED) is 0.782. The molecule has 0 bridgehead atoms. The first-order valence-corrected chi connectivity index (χ1v) is 7.11. The van der Waals surface area contributed by atoms with E-state index in [1.807, 2.05) is 19.9 Å². The van der Waals surface area contributed by atoms with Gasteiger partial charge < -0.3 is 0 Å². The minimum Gasteiger partial charge on any atom is -0.237 e. The Morgan fingerprint density at radius 2 is 1.85 bits per heavy atom. The lowest BCUT2D eigenvalue weighted by Gasteiger charge is -2.15. The fraction of sp³-hybridized carbons (Fsp3) is 0.357. The fourth-order valence-electron chi connectivity index (χ4n) is 2.03. The highest BCUT2D eigenvalue weighted by atomic mass is 79.9. The molecule has 0 aliphatic heterocycles. The maximum Gasteiger partial charge on any atom is 0.418 e. The van der Waals surface area contributed by atoms with Crippen LogP contribution in [0.2, 0.25) is 0 Å². The third kappa shape index (κ3) is 2.90. The Morgan fingerprint density at radius 1 is 1.15 bits per heavy atom. The lowest BCUT2D eigenvalue weighted by Crippen LogP contribution is -2.13. The highest BCUT2D eigenvalue weighted by Gasteiger charge is 2.34. The molecule has 0 spiro atoms. The van der Waals surface area contributed by atoms with Crippen molar-refractivity contribution in [3.8, 4) is 5.69 Å². The molecule has 108 valence electrons. The smallest absolute Gasteiger partial charge is 0.237 e. The molecule has 0 N–H and O–H groups in total. The Bertz CT molecular complexity index is 617. The van der Waals surface area contributed by atoms with Crippen LogP contribution >= 0.6 is 15.9 Å². The Kier molecular flexibility index (Phi) is 4.22. The summed E-state index contributed by atoms with van der Waals surface area (Å²) < 4.78 is 41.3. The van der Waals surface area contributed by atoms with Gasteiger partial charge in [-0.25, -0.2) is 4.68 Å². The van der Waals surface area contributed by atoms with Crippen molar-refractivity contribution in [3.05, 3.63) is 45.7 Å². The number of alkyl halides is 3. The first kappa shape index (κ1) is 15.1. The molecule has 20 heavy (non-hydrogen) atoms. The van der Waals surface area contributed by atoms with E-state index in [1.165, 1.54) is 10.7 Å². The summed E-state index contributed by atoms with van der Waals surface area (Å²) in [7, 11) is 0. The summed E-state index contributed by atoms with van der Waals surface area (Å²) in [6, 6.07) is 5.97. The number of aryl methyl sites for hydroxylation is 2. The molecule has 2 nitrogen and oxygen atoms in total. The average Bonchev–Trinajstić information content (AvgIpc) is 2.81. The van der Waals surface area contributed by atoms with Gasteiger partial charge in [0.1, 0.15) is 0 Å². The summed E-state index contributed by atoms with van der Waals surface area (Å²) in [5, 5.41) is 4.27. The van der Waals surface area contributed by atoms with E-state index in [0.717, 1.165) is 17.5 Å². The van der Waals surface area contributed by atoms with Crippen molar-refractivity contribution in [1.82, 2.24) is 9.78 Å². The van der Waals surface area contributed by atoms with Gasteiger partial charge in [0.15, 0.2) is 0 Å². The molecule has 0 atom stereocenters. The van der Waals surface area contributed by atoms with E-state index in [9.17, 15) is 13.2 Å². The molecule has 6 heteroatoms. The number of halogens is 4. The summed E-state index contributed by atoms with van der Waals surface area (Å²) in [5.41, 5.74) is 0.942. The van der Waals surface area contributed by atoms with Crippen molar-refractivity contribution < 1.29 is 13.2 Å². The standard InChI is InChI=1S/C14H14BrF3N2/c1-3-10-8-11(4-2)20(19-10)13-6-5-9(15)7-12(13)14(16,17)18/h5-8H,3-4H2,1-2H3. The molecule has 1 aromatic heterocycles. The molecule has 2 aromatic rings. The highest BCUT2D eigenvalue weighted by molar-refractivity contribution is 9.10. The molecule has 0 aliphatic carbocycles. The van der Waals surface area contributed by atoms with Crippen LogP contribution in [0.1, 0.15) is 30.8 Å². The lowest BCUT2D eigenvalue weighted by molar-refractivity contribution is -0.137. The second-order valence-corrected chi connectivity index (χ2v) is 5.32. The van der Waals surface area contributed by atoms with E-state index in [1.54, 1.807) is 6.07 Å². The maximum absolute atomic E-state index is 13.2. The Labute approximate surface area is 123 Å². The second-order valence-electron chi connectivity index (χ2n) is 4.41. The molecule has 0 saturated heterocycles. The topological polar surface area (TPSA) is 17.8 Å². The van der Waals surface area contributed by atoms with Crippen LogP contribution in [0.5, 0.6) is 0 Å². The van der Waals surface area contributed by atoms with Gasteiger partial charge in [0.25, 0.3) is 0 Å². The predicted molar refractivity (Wildman–Crippen MR) is 75.0 cm³/mol. The zero-order chi connectivity index (χ0) is 14.9. The van der Waals surface area contributed by atoms with Crippen LogP contribution in [-0.2, 0) is 19.0 Å². The minimum absolute atomic E-state index is 0.0669. The van der Waals surface area contributed by atoms with Gasteiger partial charge in [-0.2, -0.15) is 18.3 Å². The van der Waals surface area contributed by atoms with Gasteiger partial charge in [-0.3, -0.25) is 0 Å². The van der Waals surface area contributed by atoms with Crippen LogP contribution in [0.3, 0.4) is 0 Å². The summed E-state index contributed by atoms with van der Waals surface area (Å²) in [4.78, 5) is 0. The van der Waals surface area contributed by atoms with E-state index in [-0.39, 0.29) is 5.69 Å². The Hall–Kier alpha value is -1.30. The van der Waals surface area contributed by atoms with Crippen LogP contribution in [0, 0.1) is 0 Å². The number of rotatable bonds is 3. The SMILES string of the molecule is CCc1cc(CC)n(-c2ccc(Br)cc2C(F)(F)F)n1. The molecule has 0 aliphatic rings. The van der Waals surface area contributed by atoms with Crippen molar-refractivity contribution in [2.24, 2.45) is 0 Å². The Balaban J connectivity index is 2.66. The van der Waals surface area contributed by atoms with Crippen LogP contribution in [0.4, 0.5) is 13.2 Å². The first-order valence-electron chi connectivity index (χ1n) is 6.31. The number of nitrogens with zero attached hydrogens (tertiary/aromatic N) is 2. The van der Waals surface area contributed by atoms with Gasteiger partial charge in [-0.1, -0.05) is 29.8 Å². The van der Waals surface area contributed by atoms with E-state index in [2.05, 4.69) is 21.0 Å². The van der Waals surface area contributed by atoms with E-state index < -0.39 is 11.7 Å². The van der Waals surface area contributed by atoms with Gasteiger partial charge in [-0.15, -0.1) is 0 Å². The molecular weight excluding hydrogens is 333 g/mol. The van der Waals surface area contributed by atoms with Crippen molar-refractivity contribution >= 4 is 15.9 Å². The lowest BCUT2D eigenvalue weighted by atomic mass is 10.1. The van der Waals surface area contributed by atoms with E-state index in [4.69, 9.17) is 0 Å². The summed E-state index contributed by atoms with van der Waals surface area (Å²) in [6.45, 7) is 3.83. The maximum atomic E-state index is 13.2. The normalized spacial score (nSPS) is 11.9. The van der Waals surface area contributed by atoms with Crippen LogP contribution in [0.15, 0.2) is 28.7 Å². The average molecular weight is 347 g/mol. The third-order valence-electron chi connectivity index (χ3n) is 3.05. The largest absolute Gasteiger partial charge is 0.418 e. The molecule has 0 amide bonds. The monoisotopic (exact) mass is 346 g/mol. The highest BCUT2D eigenvalue weighted by Crippen LogP contribution is 2.36. The predicted octanol–water partition coefficient (Wildman–Crippen LogP) is 4.78. The third-order valence-corrected chi connectivity index (χ3v) is 3.54. The van der Waals surface area contributed by atoms with Crippen LogP contribution in [0.25, 0.3) is 5.69 Å². The van der Waals surface area contributed by atoms with Gasteiger partial charge >= 0.3 is 6.18 Å². The van der Waals surface area contributed by atoms with Gasteiger partial charge in [0.2, 0.25) is 0 Å². The zero-order valence-corrected chi connectivity index (χ0v) is 12.7. The molecule has 1 aromatic carbocycles. The second kappa shape index (κ2) is 5.60. The number of aromatic nitrogens is 2. The van der Waals surface area contributed by atoms with Crippen molar-refractivity contribution in [3.63, 3.8) is 0 Å². The first-order chi connectivity index (χ1) is 9.36. The summed E-state index contributed by atoms with van der Waals surface area (Å²) in [6.07, 6.45) is -3.10. The van der Waals surface area contributed by atoms with Crippen LogP contribution < -0.4 is 0 Å². The minimum atomic E-state index is -4.41. The summed E-state index contributed by atoms with van der Waals surface area (Å²) >= 11 is 3.09. The molecule has 0 radical (unpaired) electrons. The van der Waals surface area contributed by atoms with Crippen molar-refractivity contribution in [1.29, 1.82) is 0 Å². The van der Waals surface area contributed by atoms with Gasteiger partial charge in [-0.05, 0) is 37.1 Å². The van der Waals surface area contributed by atoms with E-state index in [0.29, 0.717) is 17.3 Å². The van der Waals surface area contributed by atoms with Crippen LogP contribution in [-0.4, -0.2) is 9.78 Å². The van der Waals surface area contributed by atoms with Gasteiger partial charge in [0.05, 0.1) is 16.9 Å². The molecule has 0 fully saturated rings. The van der Waals surface area contributed by atoms with Crippen molar-refractivity contribution in [2.75, 3.05) is 0 Å². The molecule has 0 unspecified atom stereocenters. The molecule has 2 rings (SSSR count). The van der Waals surface area contributed by atoms with E-state index >= 15 is 0 Å². The Morgan fingerprint density at radius 3 is 2.40 bits per heavy atom. The molecule has 1 heterocycles. The zero-order valence-electron chi connectivity index (χ0n) is 11.1. The molecule has 0 saturated carbocycles. The summed E-state index contributed by atoms with van der Waals surface area (Å²) in [5.74, 6) is 0.